The molecule has 92 valence electrons. The standard InChI is InChI=1S/C12H16N2O3/c1-12(2,3)17-11(16)14-10(13)8-6-4-5-7-9(8)15/h4-7,15H,1-3H3,(H2,13,14,16). The minimum absolute atomic E-state index is 0.0303. The molecule has 0 aliphatic carbocycles. The molecule has 0 radical (unpaired) electrons. The van der Waals surface area contributed by atoms with Gasteiger partial charge in [-0.05, 0) is 32.9 Å². The van der Waals surface area contributed by atoms with E-state index in [0.29, 0.717) is 5.56 Å². The van der Waals surface area contributed by atoms with Crippen molar-refractivity contribution in [3.63, 3.8) is 0 Å². The van der Waals surface area contributed by atoms with Gasteiger partial charge in [0.2, 0.25) is 0 Å². The van der Waals surface area contributed by atoms with E-state index in [9.17, 15) is 9.90 Å². The number of hydrogen-bond donors (Lipinski definition) is 2. The van der Waals surface area contributed by atoms with Crippen LogP contribution < -0.4 is 5.73 Å². The number of nitrogens with two attached hydrogens (primary N) is 1. The predicted molar refractivity (Wildman–Crippen MR) is 65.1 cm³/mol. The Morgan fingerprint density at radius 1 is 1.35 bits per heavy atom. The molecule has 1 rings (SSSR count). The van der Waals surface area contributed by atoms with Gasteiger partial charge in [-0.25, -0.2) is 4.79 Å². The van der Waals surface area contributed by atoms with Gasteiger partial charge >= 0.3 is 6.09 Å². The number of phenolic OH excluding ortho intramolecular Hbond substituents is 1. The van der Waals surface area contributed by atoms with Gasteiger partial charge in [-0.15, -0.1) is 0 Å². The highest BCUT2D eigenvalue weighted by molar-refractivity contribution is 6.04. The lowest BCUT2D eigenvalue weighted by molar-refractivity contribution is 0.0604. The number of benzene rings is 1. The van der Waals surface area contributed by atoms with Crippen LogP contribution in [0, 0.1) is 0 Å². The van der Waals surface area contributed by atoms with Crippen LogP contribution in [0.15, 0.2) is 29.3 Å². The van der Waals surface area contributed by atoms with Crippen molar-refractivity contribution < 1.29 is 14.6 Å². The second-order valence-corrected chi connectivity index (χ2v) is 4.49. The fourth-order valence-electron chi connectivity index (χ4n) is 1.13. The summed E-state index contributed by atoms with van der Waals surface area (Å²) in [6, 6.07) is 6.37. The lowest BCUT2D eigenvalue weighted by Gasteiger charge is -2.17. The molecule has 5 heteroatoms. The number of phenols is 1. The van der Waals surface area contributed by atoms with Gasteiger partial charge in [-0.1, -0.05) is 12.1 Å². The fourth-order valence-corrected chi connectivity index (χ4v) is 1.13. The average Bonchev–Trinajstić information content (AvgIpc) is 2.14. The summed E-state index contributed by atoms with van der Waals surface area (Å²) in [4.78, 5) is 14.9. The van der Waals surface area contributed by atoms with Crippen molar-refractivity contribution in [1.29, 1.82) is 0 Å². The number of aromatic hydroxyl groups is 1. The molecule has 0 aromatic heterocycles. The molecule has 3 N–H and O–H groups in total. The maximum atomic E-state index is 11.4. The molecule has 0 heterocycles. The van der Waals surface area contributed by atoms with Gasteiger partial charge in [-0.3, -0.25) is 0 Å². The Labute approximate surface area is 99.9 Å². The minimum atomic E-state index is -0.779. The zero-order valence-electron chi connectivity index (χ0n) is 10.1. The SMILES string of the molecule is CC(C)(C)OC(=O)/N=C(\N)c1ccccc1O. The second kappa shape index (κ2) is 4.86. The van der Waals surface area contributed by atoms with Gasteiger partial charge in [0.25, 0.3) is 0 Å². The summed E-state index contributed by atoms with van der Waals surface area (Å²) >= 11 is 0. The van der Waals surface area contributed by atoms with E-state index in [1.807, 2.05) is 0 Å². The molecule has 0 atom stereocenters. The number of amidine groups is 1. The first-order valence-corrected chi connectivity index (χ1v) is 5.15. The zero-order valence-corrected chi connectivity index (χ0v) is 10.1. The van der Waals surface area contributed by atoms with E-state index in [2.05, 4.69) is 4.99 Å². The molecule has 0 saturated heterocycles. The number of amides is 1. The molecule has 0 aliphatic rings. The Bertz CT molecular complexity index is 447. The smallest absolute Gasteiger partial charge is 0.436 e. The van der Waals surface area contributed by atoms with Crippen molar-refractivity contribution in [3.05, 3.63) is 29.8 Å². The van der Waals surface area contributed by atoms with Crippen molar-refractivity contribution in [2.75, 3.05) is 0 Å². The van der Waals surface area contributed by atoms with Crippen LogP contribution in [0.4, 0.5) is 4.79 Å². The van der Waals surface area contributed by atoms with E-state index in [0.717, 1.165) is 0 Å². The summed E-state index contributed by atoms with van der Waals surface area (Å²) in [6.07, 6.45) is -0.779. The second-order valence-electron chi connectivity index (χ2n) is 4.49. The number of carbonyl (C=O) groups excluding carboxylic acids is 1. The largest absolute Gasteiger partial charge is 0.507 e. The highest BCUT2D eigenvalue weighted by Crippen LogP contribution is 2.15. The monoisotopic (exact) mass is 236 g/mol. The van der Waals surface area contributed by atoms with E-state index in [1.54, 1.807) is 39.0 Å². The molecule has 0 saturated carbocycles. The molecule has 0 fully saturated rings. The quantitative estimate of drug-likeness (QED) is 0.577. The first-order valence-electron chi connectivity index (χ1n) is 5.15. The molecular formula is C12H16N2O3. The van der Waals surface area contributed by atoms with Crippen LogP contribution in [0.1, 0.15) is 26.3 Å². The summed E-state index contributed by atoms with van der Waals surface area (Å²) < 4.78 is 4.98. The van der Waals surface area contributed by atoms with Crippen molar-refractivity contribution in [2.45, 2.75) is 26.4 Å². The van der Waals surface area contributed by atoms with Crippen LogP contribution >= 0.6 is 0 Å². The lowest BCUT2D eigenvalue weighted by Crippen LogP contribution is -2.24. The summed E-state index contributed by atoms with van der Waals surface area (Å²) in [5, 5.41) is 9.51. The van der Waals surface area contributed by atoms with Crippen LogP contribution in [0.3, 0.4) is 0 Å². The van der Waals surface area contributed by atoms with Gasteiger partial charge in [0.1, 0.15) is 17.2 Å². The molecule has 1 aromatic carbocycles. The third kappa shape index (κ3) is 4.14. The topological polar surface area (TPSA) is 84.9 Å². The number of carbonyl (C=O) groups is 1. The summed E-state index contributed by atoms with van der Waals surface area (Å²) in [6.45, 7) is 5.20. The number of aliphatic imine (C=N–C) groups is 1. The molecular weight excluding hydrogens is 220 g/mol. The Kier molecular flexibility index (Phi) is 3.73. The highest BCUT2D eigenvalue weighted by Gasteiger charge is 2.16. The van der Waals surface area contributed by atoms with E-state index < -0.39 is 11.7 Å². The number of hydrogen-bond acceptors (Lipinski definition) is 3. The van der Waals surface area contributed by atoms with Crippen LogP contribution in [0.5, 0.6) is 5.75 Å². The highest BCUT2D eigenvalue weighted by atomic mass is 16.6. The Morgan fingerprint density at radius 3 is 2.47 bits per heavy atom. The van der Waals surface area contributed by atoms with Crippen molar-refractivity contribution in [3.8, 4) is 5.75 Å². The van der Waals surface area contributed by atoms with E-state index in [-0.39, 0.29) is 11.6 Å². The van der Waals surface area contributed by atoms with Gasteiger partial charge in [-0.2, -0.15) is 4.99 Å². The molecule has 0 spiro atoms. The van der Waals surface area contributed by atoms with Crippen LogP contribution in [-0.2, 0) is 4.74 Å². The van der Waals surface area contributed by atoms with E-state index >= 15 is 0 Å². The number of para-hydroxylation sites is 1. The van der Waals surface area contributed by atoms with Gasteiger partial charge in [0, 0.05) is 0 Å². The molecule has 17 heavy (non-hydrogen) atoms. The molecule has 0 unspecified atom stereocenters. The normalized spacial score (nSPS) is 12.3. The van der Waals surface area contributed by atoms with Crippen LogP contribution in [-0.4, -0.2) is 22.6 Å². The maximum Gasteiger partial charge on any atom is 0.436 e. The molecule has 1 aromatic rings. The summed E-state index contributed by atoms with van der Waals surface area (Å²) in [7, 11) is 0. The average molecular weight is 236 g/mol. The maximum absolute atomic E-state index is 11.4. The van der Waals surface area contributed by atoms with Crippen LogP contribution in [0.2, 0.25) is 0 Å². The van der Waals surface area contributed by atoms with E-state index in [1.165, 1.54) is 6.07 Å². The molecule has 5 nitrogen and oxygen atoms in total. The number of ether oxygens (including phenoxy) is 1. The molecule has 0 aliphatic heterocycles. The Hall–Kier alpha value is -2.04. The first-order chi connectivity index (χ1) is 7.79. The summed E-state index contributed by atoms with van der Waals surface area (Å²) in [5.41, 5.74) is 5.28. The lowest BCUT2D eigenvalue weighted by atomic mass is 10.2. The Morgan fingerprint density at radius 2 is 1.94 bits per heavy atom. The van der Waals surface area contributed by atoms with Crippen molar-refractivity contribution >= 4 is 11.9 Å². The van der Waals surface area contributed by atoms with Crippen molar-refractivity contribution in [2.24, 2.45) is 10.7 Å². The number of nitrogens with zero attached hydrogens (tertiary/aromatic N) is 1. The first kappa shape index (κ1) is 13.0. The van der Waals surface area contributed by atoms with Gasteiger partial charge in [0.15, 0.2) is 0 Å². The van der Waals surface area contributed by atoms with Crippen molar-refractivity contribution in [1.82, 2.24) is 0 Å². The van der Waals surface area contributed by atoms with Crippen LogP contribution in [0.25, 0.3) is 0 Å². The van der Waals surface area contributed by atoms with Gasteiger partial charge in [0.05, 0.1) is 5.56 Å². The summed E-state index contributed by atoms with van der Waals surface area (Å²) in [5.74, 6) is -0.102. The van der Waals surface area contributed by atoms with Gasteiger partial charge < -0.3 is 15.6 Å². The molecule has 1 amide bonds. The predicted octanol–water partition coefficient (Wildman–Crippen LogP) is 2.03. The fraction of sp³-hybridized carbons (Fsp3) is 0.333. The minimum Gasteiger partial charge on any atom is -0.507 e. The van der Waals surface area contributed by atoms with E-state index in [4.69, 9.17) is 10.5 Å². The third-order valence-corrected chi connectivity index (χ3v) is 1.79. The molecule has 0 bridgehead atoms. The third-order valence-electron chi connectivity index (χ3n) is 1.79. The Balaban J connectivity index is 2.87. The number of rotatable bonds is 1. The zero-order chi connectivity index (χ0) is 13.1.